The highest BCUT2D eigenvalue weighted by molar-refractivity contribution is 6.31. The van der Waals surface area contributed by atoms with Gasteiger partial charge in [-0.1, -0.05) is 29.8 Å². The number of nitrogens with one attached hydrogen (secondary N) is 2. The van der Waals surface area contributed by atoms with Crippen molar-refractivity contribution in [1.29, 1.82) is 0 Å². The highest BCUT2D eigenvalue weighted by Gasteiger charge is 2.35. The molecule has 11 nitrogen and oxygen atoms in total. The van der Waals surface area contributed by atoms with Gasteiger partial charge in [-0.15, -0.1) is 5.10 Å². The number of halogens is 4. The fourth-order valence-electron chi connectivity index (χ4n) is 4.20. The molecule has 0 fully saturated rings. The van der Waals surface area contributed by atoms with E-state index in [0.717, 1.165) is 4.68 Å². The van der Waals surface area contributed by atoms with Crippen LogP contribution in [0.4, 0.5) is 18.9 Å². The Morgan fingerprint density at radius 3 is 2.48 bits per heavy atom. The van der Waals surface area contributed by atoms with E-state index in [1.807, 2.05) is 0 Å². The van der Waals surface area contributed by atoms with Gasteiger partial charge in [0.25, 0.3) is 11.5 Å². The summed E-state index contributed by atoms with van der Waals surface area (Å²) in [7, 11) is 2.63. The summed E-state index contributed by atoms with van der Waals surface area (Å²) in [6.07, 6.45) is -2.46. The lowest BCUT2D eigenvalue weighted by atomic mass is 10.0. The van der Waals surface area contributed by atoms with Crippen molar-refractivity contribution in [1.82, 2.24) is 25.0 Å². The van der Waals surface area contributed by atoms with Crippen LogP contribution in [-0.2, 0) is 15.8 Å². The van der Waals surface area contributed by atoms with Crippen LogP contribution in [0.25, 0.3) is 16.8 Å². The van der Waals surface area contributed by atoms with E-state index in [0.29, 0.717) is 11.9 Å². The normalized spacial score (nSPS) is 12.1. The van der Waals surface area contributed by atoms with Crippen LogP contribution in [-0.4, -0.2) is 45.6 Å². The molecular weight excluding hydrogens is 581 g/mol. The van der Waals surface area contributed by atoms with Crippen LogP contribution in [0, 0.1) is 0 Å². The van der Waals surface area contributed by atoms with Gasteiger partial charge in [-0.2, -0.15) is 13.2 Å². The third-order valence-corrected chi connectivity index (χ3v) is 6.39. The van der Waals surface area contributed by atoms with Crippen LogP contribution in [0.3, 0.4) is 0 Å². The van der Waals surface area contributed by atoms with Gasteiger partial charge < -0.3 is 10.1 Å². The SMILES string of the molecule is CC[C@@H](C(=O)Nc1cccc(C(=O)NOC)c1)n1cc(OC)c(-c2cc(Cl)ccc2-n2cc(C(F)(F)F)nn2)cc1=O. The molecule has 42 heavy (non-hydrogen) atoms. The number of carbonyl (C=O) groups excluding carboxylic acids is 2. The maximum Gasteiger partial charge on any atom is 0.436 e. The molecule has 0 aliphatic heterocycles. The highest BCUT2D eigenvalue weighted by atomic mass is 35.5. The fourth-order valence-corrected chi connectivity index (χ4v) is 4.38. The Balaban J connectivity index is 1.72. The average molecular weight is 605 g/mol. The summed E-state index contributed by atoms with van der Waals surface area (Å²) in [5, 5.41) is 9.73. The number of methoxy groups -OCH3 is 1. The van der Waals surface area contributed by atoms with Crippen molar-refractivity contribution in [3.63, 3.8) is 0 Å². The van der Waals surface area contributed by atoms with E-state index >= 15 is 0 Å². The number of anilines is 1. The van der Waals surface area contributed by atoms with Crippen molar-refractivity contribution in [2.75, 3.05) is 19.5 Å². The molecule has 0 radical (unpaired) electrons. The first-order chi connectivity index (χ1) is 20.0. The first kappa shape index (κ1) is 30.3. The number of alkyl halides is 3. The third-order valence-electron chi connectivity index (χ3n) is 6.16. The van der Waals surface area contributed by atoms with E-state index < -0.39 is 35.3 Å². The second-order valence-corrected chi connectivity index (χ2v) is 9.27. The molecule has 0 aliphatic carbocycles. The zero-order valence-electron chi connectivity index (χ0n) is 22.4. The van der Waals surface area contributed by atoms with Crippen molar-refractivity contribution in [2.45, 2.75) is 25.6 Å². The number of hydrogen-bond acceptors (Lipinski definition) is 7. The second-order valence-electron chi connectivity index (χ2n) is 8.84. The van der Waals surface area contributed by atoms with E-state index in [1.165, 1.54) is 61.4 Å². The van der Waals surface area contributed by atoms with Crippen LogP contribution in [0.5, 0.6) is 5.75 Å². The van der Waals surface area contributed by atoms with Crippen molar-refractivity contribution in [2.24, 2.45) is 0 Å². The molecule has 220 valence electrons. The van der Waals surface area contributed by atoms with Crippen LogP contribution < -0.4 is 21.1 Å². The molecule has 0 saturated heterocycles. The first-order valence-corrected chi connectivity index (χ1v) is 12.7. The molecule has 15 heteroatoms. The minimum atomic E-state index is -4.71. The lowest BCUT2D eigenvalue weighted by Crippen LogP contribution is -2.32. The number of amides is 2. The molecule has 2 aromatic heterocycles. The van der Waals surface area contributed by atoms with Crippen LogP contribution in [0.15, 0.2) is 65.7 Å². The number of hydroxylamine groups is 1. The van der Waals surface area contributed by atoms with Gasteiger partial charge in [-0.3, -0.25) is 23.8 Å². The van der Waals surface area contributed by atoms with Crippen molar-refractivity contribution in [3.8, 4) is 22.6 Å². The molecule has 2 amide bonds. The molecule has 4 rings (SSSR count). The van der Waals surface area contributed by atoms with E-state index in [-0.39, 0.29) is 39.6 Å². The molecule has 2 aromatic carbocycles. The average Bonchev–Trinajstić information content (AvgIpc) is 3.45. The molecule has 2 N–H and O–H groups in total. The number of nitrogens with zero attached hydrogens (tertiary/aromatic N) is 4. The minimum Gasteiger partial charge on any atom is -0.495 e. The first-order valence-electron chi connectivity index (χ1n) is 12.3. The number of benzene rings is 2. The number of rotatable bonds is 9. The highest BCUT2D eigenvalue weighted by Crippen LogP contribution is 2.36. The maximum absolute atomic E-state index is 13.4. The van der Waals surface area contributed by atoms with Gasteiger partial charge in [-0.25, -0.2) is 10.2 Å². The summed E-state index contributed by atoms with van der Waals surface area (Å²) in [6.45, 7) is 1.71. The van der Waals surface area contributed by atoms with E-state index in [2.05, 4.69) is 25.9 Å². The number of pyridine rings is 1. The Kier molecular flexibility index (Phi) is 8.97. The smallest absolute Gasteiger partial charge is 0.436 e. The zero-order chi connectivity index (χ0) is 30.6. The molecule has 2 heterocycles. The molecule has 4 aromatic rings. The maximum atomic E-state index is 13.4. The zero-order valence-corrected chi connectivity index (χ0v) is 23.2. The largest absolute Gasteiger partial charge is 0.495 e. The van der Waals surface area contributed by atoms with Gasteiger partial charge in [0.15, 0.2) is 5.69 Å². The van der Waals surface area contributed by atoms with Crippen molar-refractivity contribution < 1.29 is 32.3 Å². The van der Waals surface area contributed by atoms with Gasteiger partial charge in [0, 0.05) is 33.5 Å². The molecular formula is C27H24ClF3N6O5. The molecule has 0 spiro atoms. The summed E-state index contributed by atoms with van der Waals surface area (Å²) in [5.41, 5.74) is 1.53. The van der Waals surface area contributed by atoms with Gasteiger partial charge in [0.1, 0.15) is 11.8 Å². The van der Waals surface area contributed by atoms with Gasteiger partial charge in [0.2, 0.25) is 5.91 Å². The van der Waals surface area contributed by atoms with Gasteiger partial charge in [0.05, 0.1) is 32.3 Å². The summed E-state index contributed by atoms with van der Waals surface area (Å²) < 4.78 is 47.1. The number of hydrogen-bond donors (Lipinski definition) is 2. The van der Waals surface area contributed by atoms with E-state index in [9.17, 15) is 27.6 Å². The summed E-state index contributed by atoms with van der Waals surface area (Å²) in [4.78, 5) is 43.3. The number of aromatic nitrogens is 4. The van der Waals surface area contributed by atoms with Crippen molar-refractivity contribution >= 4 is 29.1 Å². The van der Waals surface area contributed by atoms with Crippen LogP contribution in [0.1, 0.15) is 35.4 Å². The minimum absolute atomic E-state index is 0.138. The van der Waals surface area contributed by atoms with E-state index in [4.69, 9.17) is 16.3 Å². The quantitative estimate of drug-likeness (QED) is 0.266. The second kappa shape index (κ2) is 12.4. The molecule has 0 aliphatic rings. The summed E-state index contributed by atoms with van der Waals surface area (Å²) in [5.74, 6) is -0.915. The van der Waals surface area contributed by atoms with Crippen LogP contribution in [0.2, 0.25) is 5.02 Å². The monoisotopic (exact) mass is 604 g/mol. The standard InChI is InChI=1S/C27H24ClF3N6O5/c1-4-20(26(40)32-17-7-5-6-15(10-17)25(39)34-42-3)36-13-22(41-2)19(12-24(36)38)18-11-16(28)8-9-21(18)37-14-23(33-35-37)27(29,30)31/h5-14,20H,4H2,1-3H3,(H,32,40)(H,34,39)/t20-/m0/s1. The third kappa shape index (κ3) is 6.44. The lowest BCUT2D eigenvalue weighted by molar-refractivity contribution is -0.141. The number of ether oxygens (including phenoxy) is 1. The Morgan fingerprint density at radius 1 is 1.07 bits per heavy atom. The summed E-state index contributed by atoms with van der Waals surface area (Å²) in [6, 6.07) is 10.7. The topological polar surface area (TPSA) is 129 Å². The molecule has 0 unspecified atom stereocenters. The Morgan fingerprint density at radius 2 is 1.83 bits per heavy atom. The molecule has 0 bridgehead atoms. The van der Waals surface area contributed by atoms with Gasteiger partial charge in [-0.05, 0) is 42.8 Å². The Labute approximate surface area is 241 Å². The predicted molar refractivity (Wildman–Crippen MR) is 146 cm³/mol. The fraction of sp³-hybridized carbons (Fsp3) is 0.222. The molecule has 1 atom stereocenters. The van der Waals surface area contributed by atoms with E-state index in [1.54, 1.807) is 19.1 Å². The Hall–Kier alpha value is -4.69. The van der Waals surface area contributed by atoms with Gasteiger partial charge >= 0.3 is 6.18 Å². The Bertz CT molecular complexity index is 1690. The lowest BCUT2D eigenvalue weighted by Gasteiger charge is -2.21. The number of carbonyl (C=O) groups is 2. The summed E-state index contributed by atoms with van der Waals surface area (Å²) >= 11 is 6.20. The van der Waals surface area contributed by atoms with Crippen LogP contribution >= 0.6 is 11.6 Å². The molecule has 0 saturated carbocycles. The predicted octanol–water partition coefficient (Wildman–Crippen LogP) is 4.66. The van der Waals surface area contributed by atoms with Crippen molar-refractivity contribution in [3.05, 3.63) is 87.6 Å².